The van der Waals surface area contributed by atoms with E-state index in [9.17, 15) is 8.42 Å². The summed E-state index contributed by atoms with van der Waals surface area (Å²) in [4.78, 5) is 0. The number of hydrogen-bond donors (Lipinski definition) is 2. The van der Waals surface area contributed by atoms with Crippen molar-refractivity contribution in [1.82, 2.24) is 14.3 Å². The van der Waals surface area contributed by atoms with Crippen molar-refractivity contribution in [2.24, 2.45) is 0 Å². The Balaban J connectivity index is 1.59. The van der Waals surface area contributed by atoms with Crippen molar-refractivity contribution in [1.29, 1.82) is 0 Å². The third-order valence-corrected chi connectivity index (χ3v) is 7.52. The first-order valence-electron chi connectivity index (χ1n) is 8.25. The number of piperidine rings is 1. The minimum atomic E-state index is -3.33. The van der Waals surface area contributed by atoms with Gasteiger partial charge in [0.25, 0.3) is 10.2 Å². The molecule has 1 saturated carbocycles. The smallest absolute Gasteiger partial charge is 0.280 e. The normalized spacial score (nSPS) is 32.2. The van der Waals surface area contributed by atoms with Gasteiger partial charge in [-0.1, -0.05) is 6.42 Å². The van der Waals surface area contributed by atoms with Crippen LogP contribution in [-0.4, -0.2) is 55.4 Å². The highest BCUT2D eigenvalue weighted by molar-refractivity contribution is 7.99. The van der Waals surface area contributed by atoms with E-state index in [0.717, 1.165) is 50.2 Å². The van der Waals surface area contributed by atoms with Crippen molar-refractivity contribution in [3.05, 3.63) is 0 Å². The molecule has 3 fully saturated rings. The lowest BCUT2D eigenvalue weighted by Gasteiger charge is -2.36. The Hall–Kier alpha value is 0.180. The van der Waals surface area contributed by atoms with Crippen LogP contribution in [0.5, 0.6) is 0 Å². The molecule has 122 valence electrons. The van der Waals surface area contributed by atoms with E-state index >= 15 is 0 Å². The highest BCUT2D eigenvalue weighted by atomic mass is 32.2. The summed E-state index contributed by atoms with van der Waals surface area (Å²) < 4.78 is 30.1. The van der Waals surface area contributed by atoms with Crippen molar-refractivity contribution >= 4 is 22.0 Å². The van der Waals surface area contributed by atoms with Gasteiger partial charge in [0.05, 0.1) is 0 Å². The van der Waals surface area contributed by atoms with Gasteiger partial charge in [-0.05, 0) is 44.3 Å². The van der Waals surface area contributed by atoms with Gasteiger partial charge in [-0.25, -0.2) is 0 Å². The van der Waals surface area contributed by atoms with Crippen molar-refractivity contribution in [2.45, 2.75) is 63.1 Å². The zero-order valence-corrected chi connectivity index (χ0v) is 14.2. The number of nitrogens with one attached hydrogen (secondary N) is 2. The van der Waals surface area contributed by atoms with E-state index < -0.39 is 10.2 Å². The van der Waals surface area contributed by atoms with Gasteiger partial charge in [0.15, 0.2) is 0 Å². The summed E-state index contributed by atoms with van der Waals surface area (Å²) in [6.07, 6.45) is 7.70. The number of thioether (sulfide) groups is 1. The van der Waals surface area contributed by atoms with E-state index in [1.54, 1.807) is 4.31 Å². The molecule has 7 heteroatoms. The van der Waals surface area contributed by atoms with Crippen LogP contribution in [-0.2, 0) is 10.2 Å². The molecule has 2 unspecified atom stereocenters. The minimum Gasteiger partial charge on any atom is -0.312 e. The van der Waals surface area contributed by atoms with Crippen molar-refractivity contribution in [3.8, 4) is 0 Å². The van der Waals surface area contributed by atoms with Crippen LogP contribution in [0, 0.1) is 0 Å². The van der Waals surface area contributed by atoms with Gasteiger partial charge in [-0.15, -0.1) is 0 Å². The van der Waals surface area contributed by atoms with E-state index in [2.05, 4.69) is 10.0 Å². The Morgan fingerprint density at radius 1 is 1.05 bits per heavy atom. The van der Waals surface area contributed by atoms with Crippen LogP contribution in [0.1, 0.15) is 44.9 Å². The fraction of sp³-hybridized carbons (Fsp3) is 1.00. The van der Waals surface area contributed by atoms with Crippen molar-refractivity contribution < 1.29 is 8.42 Å². The van der Waals surface area contributed by atoms with Crippen LogP contribution in [0.4, 0.5) is 0 Å². The van der Waals surface area contributed by atoms with Crippen LogP contribution >= 0.6 is 11.8 Å². The van der Waals surface area contributed by atoms with Gasteiger partial charge in [0, 0.05) is 37.0 Å². The Morgan fingerprint density at radius 3 is 2.62 bits per heavy atom. The molecular weight excluding hydrogens is 306 g/mol. The zero-order chi connectivity index (χ0) is 14.7. The third-order valence-electron chi connectivity index (χ3n) is 4.58. The lowest BCUT2D eigenvalue weighted by atomic mass is 10.1. The van der Waals surface area contributed by atoms with Crippen molar-refractivity contribution in [3.63, 3.8) is 0 Å². The van der Waals surface area contributed by atoms with Gasteiger partial charge in [0.2, 0.25) is 0 Å². The second kappa shape index (κ2) is 7.17. The molecule has 2 heterocycles. The lowest BCUT2D eigenvalue weighted by Crippen LogP contribution is -2.55. The molecule has 3 rings (SSSR count). The van der Waals surface area contributed by atoms with Crippen LogP contribution in [0.3, 0.4) is 0 Å². The molecule has 0 amide bonds. The number of hydrogen-bond acceptors (Lipinski definition) is 4. The summed E-state index contributed by atoms with van der Waals surface area (Å²) in [7, 11) is -3.33. The van der Waals surface area contributed by atoms with Crippen LogP contribution in [0.2, 0.25) is 0 Å². The van der Waals surface area contributed by atoms with E-state index in [1.807, 2.05) is 11.8 Å². The van der Waals surface area contributed by atoms with E-state index in [-0.39, 0.29) is 12.1 Å². The Morgan fingerprint density at radius 2 is 1.90 bits per heavy atom. The van der Waals surface area contributed by atoms with Crippen molar-refractivity contribution in [2.75, 3.05) is 24.6 Å². The maximum absolute atomic E-state index is 12.7. The molecule has 3 aliphatic rings. The van der Waals surface area contributed by atoms with Gasteiger partial charge < -0.3 is 5.32 Å². The molecule has 0 aromatic heterocycles. The summed E-state index contributed by atoms with van der Waals surface area (Å²) in [6, 6.07) is 0.889. The molecule has 0 bridgehead atoms. The molecule has 0 radical (unpaired) electrons. The summed E-state index contributed by atoms with van der Waals surface area (Å²) in [5.41, 5.74) is 0. The minimum absolute atomic E-state index is 0.118. The van der Waals surface area contributed by atoms with Crippen LogP contribution in [0.25, 0.3) is 0 Å². The molecular formula is C14H27N3O2S2. The highest BCUT2D eigenvalue weighted by Crippen LogP contribution is 2.24. The monoisotopic (exact) mass is 333 g/mol. The summed E-state index contributed by atoms with van der Waals surface area (Å²) in [5, 5.41) is 3.49. The van der Waals surface area contributed by atoms with E-state index in [4.69, 9.17) is 0 Å². The predicted molar refractivity (Wildman–Crippen MR) is 87.8 cm³/mol. The van der Waals surface area contributed by atoms with Gasteiger partial charge in [0.1, 0.15) is 0 Å². The second-order valence-corrected chi connectivity index (χ2v) is 9.28. The molecule has 0 aromatic rings. The molecule has 0 aromatic carbocycles. The Labute approximate surface area is 132 Å². The molecule has 1 aliphatic carbocycles. The lowest BCUT2D eigenvalue weighted by molar-refractivity contribution is 0.241. The topological polar surface area (TPSA) is 61.4 Å². The molecule has 5 nitrogen and oxygen atoms in total. The summed E-state index contributed by atoms with van der Waals surface area (Å²) in [5.74, 6) is 2.08. The summed E-state index contributed by atoms with van der Waals surface area (Å²) in [6.45, 7) is 1.48. The fourth-order valence-electron chi connectivity index (χ4n) is 3.20. The Kier molecular flexibility index (Phi) is 5.48. The largest absolute Gasteiger partial charge is 0.312 e. The first kappa shape index (κ1) is 16.1. The van der Waals surface area contributed by atoms with Crippen LogP contribution < -0.4 is 10.0 Å². The zero-order valence-electron chi connectivity index (χ0n) is 12.6. The highest BCUT2D eigenvalue weighted by Gasteiger charge is 2.34. The molecule has 2 aliphatic heterocycles. The van der Waals surface area contributed by atoms with Gasteiger partial charge in [-0.3, -0.25) is 0 Å². The first-order chi connectivity index (χ1) is 10.1. The summed E-state index contributed by atoms with van der Waals surface area (Å²) >= 11 is 1.86. The number of rotatable bonds is 6. The number of nitrogens with zero attached hydrogens (tertiary/aromatic N) is 1. The third kappa shape index (κ3) is 4.58. The van der Waals surface area contributed by atoms with Gasteiger partial charge >= 0.3 is 0 Å². The Bertz CT molecular complexity index is 434. The average Bonchev–Trinajstić information content (AvgIpc) is 3.30. The predicted octanol–water partition coefficient (Wildman–Crippen LogP) is 1.32. The molecule has 2 N–H and O–H groups in total. The average molecular weight is 334 g/mol. The molecule has 0 spiro atoms. The SMILES string of the molecule is O=S(=O)(NC1CCCSC1)N1CCCCC1CNC1CC1. The maximum Gasteiger partial charge on any atom is 0.280 e. The van der Waals surface area contributed by atoms with E-state index in [1.165, 1.54) is 12.8 Å². The first-order valence-corrected chi connectivity index (χ1v) is 10.8. The van der Waals surface area contributed by atoms with Crippen LogP contribution in [0.15, 0.2) is 0 Å². The quantitative estimate of drug-likeness (QED) is 0.770. The maximum atomic E-state index is 12.7. The van der Waals surface area contributed by atoms with E-state index in [0.29, 0.717) is 12.6 Å². The molecule has 2 saturated heterocycles. The molecule has 21 heavy (non-hydrogen) atoms. The fourth-order valence-corrected chi connectivity index (χ4v) is 6.07. The standard InChI is InChI=1S/C14H27N3O2S2/c18-21(19,16-13-4-3-9-20-11-13)17-8-2-1-5-14(17)10-15-12-6-7-12/h12-16H,1-11H2. The molecule has 2 atom stereocenters. The van der Waals surface area contributed by atoms with Gasteiger partial charge in [-0.2, -0.15) is 29.2 Å². The second-order valence-electron chi connectivity index (χ2n) is 6.48.